The Morgan fingerprint density at radius 2 is 0.776 bits per heavy atom. The first-order valence-electron chi connectivity index (χ1n) is 19.9. The third kappa shape index (κ3) is 4.48. The normalized spacial score (nSPS) is 12.1. The van der Waals surface area contributed by atoms with E-state index in [1.165, 1.54) is 81.7 Å². The Kier molecular flexibility index (Phi) is 6.47. The predicted molar refractivity (Wildman–Crippen MR) is 245 cm³/mol. The first-order valence-corrected chi connectivity index (χ1v) is 19.9. The van der Waals surface area contributed by atoms with Gasteiger partial charge in [0.15, 0.2) is 0 Å². The summed E-state index contributed by atoms with van der Waals surface area (Å²) in [5, 5.41) is 16.7. The van der Waals surface area contributed by atoms with Gasteiger partial charge >= 0.3 is 0 Å². The largest absolute Gasteiger partial charge is 0.456 e. The predicted octanol–water partition coefficient (Wildman–Crippen LogP) is 16.3. The SMILES string of the molecule is c1ccc2c(-c3c4ccccc4c(-c4ccc5cc(-c6ccc7oc8c(ccc9oc%10ccc%11ccccc%11c%10c98)c7c6)ccc5c4)c4ccccc34)cccc2c1. The van der Waals surface area contributed by atoms with Crippen LogP contribution in [-0.4, -0.2) is 0 Å². The topological polar surface area (TPSA) is 26.3 Å². The summed E-state index contributed by atoms with van der Waals surface area (Å²) in [7, 11) is 0. The fourth-order valence-electron chi connectivity index (χ4n) is 9.79. The van der Waals surface area contributed by atoms with Gasteiger partial charge in [0, 0.05) is 16.2 Å². The summed E-state index contributed by atoms with van der Waals surface area (Å²) in [5.74, 6) is 0. The number of benzene rings is 11. The van der Waals surface area contributed by atoms with Gasteiger partial charge in [-0.05, 0) is 130 Å². The van der Waals surface area contributed by atoms with Gasteiger partial charge in [-0.2, -0.15) is 0 Å². The van der Waals surface area contributed by atoms with E-state index in [1.54, 1.807) is 0 Å². The first-order chi connectivity index (χ1) is 28.7. The zero-order valence-corrected chi connectivity index (χ0v) is 31.3. The van der Waals surface area contributed by atoms with Crippen LogP contribution in [0.4, 0.5) is 0 Å². The molecule has 0 atom stereocenters. The number of fused-ring (bicyclic) bond motifs is 13. The molecule has 13 aromatic rings. The highest BCUT2D eigenvalue weighted by molar-refractivity contribution is 6.28. The molecule has 0 unspecified atom stereocenters. The van der Waals surface area contributed by atoms with E-state index >= 15 is 0 Å². The van der Waals surface area contributed by atoms with Crippen LogP contribution in [0, 0.1) is 0 Å². The zero-order valence-electron chi connectivity index (χ0n) is 31.3. The Morgan fingerprint density at radius 3 is 1.53 bits per heavy atom. The molecule has 0 saturated carbocycles. The molecule has 0 N–H and O–H groups in total. The van der Waals surface area contributed by atoms with Crippen LogP contribution >= 0.6 is 0 Å². The average Bonchev–Trinajstić information content (AvgIpc) is 3.86. The molecule has 0 bridgehead atoms. The average molecular weight is 737 g/mol. The highest BCUT2D eigenvalue weighted by Crippen LogP contribution is 2.46. The molecule has 2 aromatic heterocycles. The zero-order chi connectivity index (χ0) is 37.9. The lowest BCUT2D eigenvalue weighted by Crippen LogP contribution is -1.91. The Bertz CT molecular complexity index is 3800. The van der Waals surface area contributed by atoms with Gasteiger partial charge in [0.1, 0.15) is 22.3 Å². The maximum atomic E-state index is 6.65. The van der Waals surface area contributed by atoms with Crippen LogP contribution in [0.1, 0.15) is 0 Å². The third-order valence-electron chi connectivity index (χ3n) is 12.4. The van der Waals surface area contributed by atoms with E-state index in [9.17, 15) is 0 Å². The molecule has 2 nitrogen and oxygen atoms in total. The molecule has 0 aliphatic carbocycles. The van der Waals surface area contributed by atoms with Crippen molar-refractivity contribution in [3.05, 3.63) is 194 Å². The molecule has 0 fully saturated rings. The van der Waals surface area contributed by atoms with Gasteiger partial charge < -0.3 is 8.83 Å². The summed E-state index contributed by atoms with van der Waals surface area (Å²) >= 11 is 0. The minimum atomic E-state index is 0.841. The highest BCUT2D eigenvalue weighted by Gasteiger charge is 2.20. The van der Waals surface area contributed by atoms with Gasteiger partial charge in [-0.25, -0.2) is 0 Å². The monoisotopic (exact) mass is 736 g/mol. The van der Waals surface area contributed by atoms with Crippen LogP contribution in [-0.2, 0) is 0 Å². The van der Waals surface area contributed by atoms with E-state index in [-0.39, 0.29) is 0 Å². The van der Waals surface area contributed by atoms with E-state index in [4.69, 9.17) is 8.83 Å². The van der Waals surface area contributed by atoms with Crippen LogP contribution in [0.2, 0.25) is 0 Å². The summed E-state index contributed by atoms with van der Waals surface area (Å²) in [6, 6.07) is 70.5. The Balaban J connectivity index is 0.949. The minimum absolute atomic E-state index is 0.841. The fraction of sp³-hybridized carbons (Fsp3) is 0. The second-order valence-corrected chi connectivity index (χ2v) is 15.5. The fourth-order valence-corrected chi connectivity index (χ4v) is 9.79. The highest BCUT2D eigenvalue weighted by atomic mass is 16.3. The molecule has 0 amide bonds. The molecular formula is C56H32O2. The second-order valence-electron chi connectivity index (χ2n) is 15.5. The molecule has 0 aliphatic heterocycles. The van der Waals surface area contributed by atoms with Gasteiger partial charge in [0.05, 0.1) is 5.39 Å². The van der Waals surface area contributed by atoms with Gasteiger partial charge in [0.25, 0.3) is 0 Å². The molecule has 0 saturated heterocycles. The standard InChI is InChI=1S/C56H32O2/c1-3-13-40-33(10-1)12-9-19-42(40)53-45-17-7-5-15-43(45)52(44-16-6-8-18-46(44)53)39-23-22-35-30-36(20-21-37(35)31-39)38-25-27-49-48(32-38)47-26-29-51-55(56(47)58-49)54-41-14-4-2-11-34(41)24-28-50(54)57-51/h1-32H. The summed E-state index contributed by atoms with van der Waals surface area (Å²) in [6.07, 6.45) is 0. The van der Waals surface area contributed by atoms with Crippen molar-refractivity contribution in [2.24, 2.45) is 0 Å². The number of furan rings is 2. The molecular weight excluding hydrogens is 705 g/mol. The van der Waals surface area contributed by atoms with Gasteiger partial charge in [0.2, 0.25) is 0 Å². The van der Waals surface area contributed by atoms with Crippen LogP contribution < -0.4 is 0 Å². The van der Waals surface area contributed by atoms with Crippen molar-refractivity contribution in [2.75, 3.05) is 0 Å². The van der Waals surface area contributed by atoms with Crippen molar-refractivity contribution in [2.45, 2.75) is 0 Å². The molecule has 2 heteroatoms. The number of rotatable bonds is 3. The quantitative estimate of drug-likeness (QED) is 0.169. The molecule has 268 valence electrons. The minimum Gasteiger partial charge on any atom is -0.456 e. The maximum Gasteiger partial charge on any atom is 0.147 e. The van der Waals surface area contributed by atoms with E-state index in [1.807, 2.05) is 0 Å². The maximum absolute atomic E-state index is 6.65. The lowest BCUT2D eigenvalue weighted by molar-refractivity contribution is 0.663. The van der Waals surface area contributed by atoms with Crippen molar-refractivity contribution in [3.63, 3.8) is 0 Å². The molecule has 2 heterocycles. The Hall–Kier alpha value is -7.68. The second kappa shape index (κ2) is 11.9. The van der Waals surface area contributed by atoms with E-state index in [0.717, 1.165) is 49.4 Å². The van der Waals surface area contributed by atoms with Gasteiger partial charge in [-0.15, -0.1) is 0 Å². The molecule has 0 radical (unpaired) electrons. The van der Waals surface area contributed by atoms with E-state index in [2.05, 4.69) is 194 Å². The Labute approximate surface area is 332 Å². The van der Waals surface area contributed by atoms with E-state index < -0.39 is 0 Å². The molecule has 0 spiro atoms. The van der Waals surface area contributed by atoms with Crippen LogP contribution in [0.3, 0.4) is 0 Å². The Morgan fingerprint density at radius 1 is 0.259 bits per heavy atom. The molecule has 11 aromatic carbocycles. The van der Waals surface area contributed by atoms with Crippen molar-refractivity contribution in [1.29, 1.82) is 0 Å². The van der Waals surface area contributed by atoms with E-state index in [0.29, 0.717) is 0 Å². The lowest BCUT2D eigenvalue weighted by Gasteiger charge is -2.19. The van der Waals surface area contributed by atoms with Gasteiger partial charge in [-0.1, -0.05) is 152 Å². The number of hydrogen-bond acceptors (Lipinski definition) is 2. The van der Waals surface area contributed by atoms with Crippen molar-refractivity contribution < 1.29 is 8.83 Å². The molecule has 58 heavy (non-hydrogen) atoms. The molecule has 13 rings (SSSR count). The van der Waals surface area contributed by atoms with Crippen LogP contribution in [0.5, 0.6) is 0 Å². The van der Waals surface area contributed by atoms with Crippen LogP contribution in [0.25, 0.3) is 131 Å². The van der Waals surface area contributed by atoms with Gasteiger partial charge in [-0.3, -0.25) is 0 Å². The summed E-state index contributed by atoms with van der Waals surface area (Å²) < 4.78 is 13.0. The lowest BCUT2D eigenvalue weighted by atomic mass is 9.84. The summed E-state index contributed by atoms with van der Waals surface area (Å²) in [4.78, 5) is 0. The third-order valence-corrected chi connectivity index (χ3v) is 12.4. The summed E-state index contributed by atoms with van der Waals surface area (Å²) in [5.41, 5.74) is 10.8. The van der Waals surface area contributed by atoms with Crippen molar-refractivity contribution in [1.82, 2.24) is 0 Å². The van der Waals surface area contributed by atoms with Crippen molar-refractivity contribution in [3.8, 4) is 33.4 Å². The molecule has 0 aliphatic rings. The smallest absolute Gasteiger partial charge is 0.147 e. The summed E-state index contributed by atoms with van der Waals surface area (Å²) in [6.45, 7) is 0. The van der Waals surface area contributed by atoms with Crippen LogP contribution in [0.15, 0.2) is 203 Å². The number of hydrogen-bond donors (Lipinski definition) is 0. The first kappa shape index (κ1) is 31.5. The van der Waals surface area contributed by atoms with Crippen molar-refractivity contribution >= 4 is 97.7 Å².